The molecule has 0 aliphatic heterocycles. The van der Waals surface area contributed by atoms with Gasteiger partial charge in [-0.2, -0.15) is 11.3 Å². The van der Waals surface area contributed by atoms with Crippen molar-refractivity contribution in [3.05, 3.63) is 68.1 Å². The Morgan fingerprint density at radius 1 is 1.06 bits per heavy atom. The summed E-state index contributed by atoms with van der Waals surface area (Å²) < 4.78 is 1.22. The van der Waals surface area contributed by atoms with E-state index >= 15 is 0 Å². The minimum absolute atomic E-state index is 1.02. The van der Waals surface area contributed by atoms with Gasteiger partial charge in [0.25, 0.3) is 0 Å². The average Bonchev–Trinajstić information content (AvgIpc) is 3.02. The van der Waals surface area contributed by atoms with Gasteiger partial charge in [-0.1, -0.05) is 30.3 Å². The third kappa shape index (κ3) is 2.58. The van der Waals surface area contributed by atoms with E-state index in [4.69, 9.17) is 0 Å². The molecule has 1 aromatic carbocycles. The Bertz CT molecular complexity index is 624. The van der Waals surface area contributed by atoms with Crippen molar-refractivity contribution in [2.45, 2.75) is 6.42 Å². The lowest BCUT2D eigenvalue weighted by molar-refractivity contribution is 1.25. The summed E-state index contributed by atoms with van der Waals surface area (Å²) in [6.07, 6.45) is 1.02. The van der Waals surface area contributed by atoms with Crippen LogP contribution in [0.1, 0.15) is 10.4 Å². The van der Waals surface area contributed by atoms with Gasteiger partial charge in [-0.3, -0.25) is 0 Å². The summed E-state index contributed by atoms with van der Waals surface area (Å²) in [6.45, 7) is 0. The maximum atomic E-state index is 3.67. The molecule has 0 fully saturated rings. The van der Waals surface area contributed by atoms with Gasteiger partial charge in [0.05, 0.1) is 0 Å². The van der Waals surface area contributed by atoms with Gasteiger partial charge in [-0.15, -0.1) is 11.3 Å². The molecular weight excluding hydrogens is 324 g/mol. The van der Waals surface area contributed by atoms with Crippen LogP contribution >= 0.6 is 38.6 Å². The molecule has 0 bridgehead atoms. The maximum absolute atomic E-state index is 3.67. The smallest absolute Gasteiger partial charge is 0.0357 e. The van der Waals surface area contributed by atoms with Crippen LogP contribution in [-0.2, 0) is 6.42 Å². The first-order valence-electron chi connectivity index (χ1n) is 5.67. The fraction of sp³-hybridized carbons (Fsp3) is 0.0667. The van der Waals surface area contributed by atoms with Crippen molar-refractivity contribution in [1.29, 1.82) is 0 Å². The summed E-state index contributed by atoms with van der Waals surface area (Å²) >= 11 is 7.30. The van der Waals surface area contributed by atoms with Gasteiger partial charge in [0.2, 0.25) is 0 Å². The predicted octanol–water partition coefficient (Wildman–Crippen LogP) is 5.83. The summed E-state index contributed by atoms with van der Waals surface area (Å²) in [5, 5.41) is 4.35. The zero-order chi connectivity index (χ0) is 12.4. The molecule has 0 aliphatic rings. The quantitative estimate of drug-likeness (QED) is 0.565. The van der Waals surface area contributed by atoms with E-state index < -0.39 is 0 Å². The van der Waals surface area contributed by atoms with Crippen molar-refractivity contribution in [1.82, 2.24) is 0 Å². The zero-order valence-electron chi connectivity index (χ0n) is 9.60. The van der Waals surface area contributed by atoms with Crippen molar-refractivity contribution in [3.63, 3.8) is 0 Å². The molecule has 18 heavy (non-hydrogen) atoms. The minimum atomic E-state index is 1.02. The first-order chi connectivity index (χ1) is 8.83. The van der Waals surface area contributed by atoms with Crippen LogP contribution in [0.5, 0.6) is 0 Å². The molecule has 2 heterocycles. The summed E-state index contributed by atoms with van der Waals surface area (Å²) in [5.74, 6) is 0. The van der Waals surface area contributed by atoms with E-state index in [2.05, 4.69) is 69.2 Å². The fourth-order valence-corrected chi connectivity index (χ4v) is 4.37. The van der Waals surface area contributed by atoms with Gasteiger partial charge in [0.15, 0.2) is 0 Å². The average molecular weight is 335 g/mol. The van der Waals surface area contributed by atoms with Crippen LogP contribution < -0.4 is 0 Å². The molecule has 3 aromatic rings. The molecule has 0 saturated heterocycles. The Hall–Kier alpha value is -0.900. The molecule has 3 heteroatoms. The minimum Gasteiger partial charge on any atom is -0.152 e. The van der Waals surface area contributed by atoms with Crippen LogP contribution in [0.4, 0.5) is 0 Å². The van der Waals surface area contributed by atoms with Crippen molar-refractivity contribution in [2.24, 2.45) is 0 Å². The monoisotopic (exact) mass is 334 g/mol. The van der Waals surface area contributed by atoms with Crippen molar-refractivity contribution < 1.29 is 0 Å². The highest BCUT2D eigenvalue weighted by Gasteiger charge is 2.09. The van der Waals surface area contributed by atoms with E-state index in [1.807, 2.05) is 11.3 Å². The number of hydrogen-bond donors (Lipinski definition) is 0. The van der Waals surface area contributed by atoms with Gasteiger partial charge < -0.3 is 0 Å². The number of rotatable bonds is 3. The molecule has 0 radical (unpaired) electrons. The summed E-state index contributed by atoms with van der Waals surface area (Å²) in [4.78, 5) is 2.72. The molecule has 0 atom stereocenters. The Morgan fingerprint density at radius 3 is 2.61 bits per heavy atom. The normalized spacial score (nSPS) is 10.7. The molecule has 0 nitrogen and oxygen atoms in total. The first-order valence-corrected chi connectivity index (χ1v) is 8.23. The van der Waals surface area contributed by atoms with E-state index in [1.165, 1.54) is 25.4 Å². The highest BCUT2D eigenvalue weighted by atomic mass is 79.9. The molecule has 2 aromatic heterocycles. The van der Waals surface area contributed by atoms with E-state index in [1.54, 1.807) is 11.3 Å². The molecule has 0 saturated carbocycles. The Balaban J connectivity index is 1.91. The first kappa shape index (κ1) is 12.2. The standard InChI is InChI=1S/C15H11BrS2/c16-13-9-14(12-4-2-1-3-5-12)18-15(13)8-11-6-7-17-10-11/h1-7,9-10H,8H2. The van der Waals surface area contributed by atoms with E-state index in [0.717, 1.165) is 6.42 Å². The highest BCUT2D eigenvalue weighted by Crippen LogP contribution is 2.36. The SMILES string of the molecule is Brc1cc(-c2ccccc2)sc1Cc1ccsc1. The van der Waals surface area contributed by atoms with Gasteiger partial charge in [0.1, 0.15) is 0 Å². The molecule has 0 N–H and O–H groups in total. The topological polar surface area (TPSA) is 0 Å². The molecule has 3 rings (SSSR count). The highest BCUT2D eigenvalue weighted by molar-refractivity contribution is 9.10. The Labute approximate surface area is 123 Å². The van der Waals surface area contributed by atoms with Crippen LogP contribution in [0, 0.1) is 0 Å². The number of thiophene rings is 2. The molecule has 90 valence electrons. The second-order valence-corrected chi connectivity index (χ2v) is 6.83. The molecule has 0 unspecified atom stereocenters. The number of benzene rings is 1. The summed E-state index contributed by atoms with van der Waals surface area (Å²) in [6, 6.07) is 15.0. The predicted molar refractivity (Wildman–Crippen MR) is 84.6 cm³/mol. The molecule has 0 aliphatic carbocycles. The lowest BCUT2D eigenvalue weighted by atomic mass is 10.2. The fourth-order valence-electron chi connectivity index (χ4n) is 1.85. The Kier molecular flexibility index (Phi) is 3.64. The van der Waals surface area contributed by atoms with Crippen LogP contribution in [0.2, 0.25) is 0 Å². The van der Waals surface area contributed by atoms with Gasteiger partial charge in [-0.25, -0.2) is 0 Å². The number of hydrogen-bond acceptors (Lipinski definition) is 2. The van der Waals surface area contributed by atoms with Crippen molar-refractivity contribution in [3.8, 4) is 10.4 Å². The van der Waals surface area contributed by atoms with Crippen molar-refractivity contribution >= 4 is 38.6 Å². The van der Waals surface area contributed by atoms with Gasteiger partial charge >= 0.3 is 0 Å². The molecule has 0 spiro atoms. The van der Waals surface area contributed by atoms with E-state index in [9.17, 15) is 0 Å². The number of halogens is 1. The summed E-state index contributed by atoms with van der Waals surface area (Å²) in [7, 11) is 0. The lowest BCUT2D eigenvalue weighted by Gasteiger charge is -1.96. The molecule has 0 amide bonds. The Morgan fingerprint density at radius 2 is 1.89 bits per heavy atom. The van der Waals surface area contributed by atoms with Gasteiger partial charge in [-0.05, 0) is 49.9 Å². The van der Waals surface area contributed by atoms with Crippen LogP contribution in [0.15, 0.2) is 57.7 Å². The summed E-state index contributed by atoms with van der Waals surface area (Å²) in [5.41, 5.74) is 2.68. The second-order valence-electron chi connectivity index (χ2n) is 4.06. The maximum Gasteiger partial charge on any atom is 0.0357 e. The third-order valence-electron chi connectivity index (χ3n) is 2.76. The van der Waals surface area contributed by atoms with Gasteiger partial charge in [0, 0.05) is 20.6 Å². The second kappa shape index (κ2) is 5.39. The van der Waals surface area contributed by atoms with Crippen LogP contribution in [-0.4, -0.2) is 0 Å². The van der Waals surface area contributed by atoms with Crippen LogP contribution in [0.25, 0.3) is 10.4 Å². The third-order valence-corrected chi connectivity index (χ3v) is 5.65. The molecular formula is C15H11BrS2. The van der Waals surface area contributed by atoms with Crippen LogP contribution in [0.3, 0.4) is 0 Å². The zero-order valence-corrected chi connectivity index (χ0v) is 12.8. The van der Waals surface area contributed by atoms with Crippen molar-refractivity contribution in [2.75, 3.05) is 0 Å². The van der Waals surface area contributed by atoms with E-state index in [-0.39, 0.29) is 0 Å². The largest absolute Gasteiger partial charge is 0.152 e. The van der Waals surface area contributed by atoms with E-state index in [0.29, 0.717) is 0 Å². The lowest BCUT2D eigenvalue weighted by Crippen LogP contribution is -1.80.